The average Bonchev–Trinajstić information content (AvgIpc) is 2.98. The van der Waals surface area contributed by atoms with Crippen LogP contribution in [0.25, 0.3) is 11.5 Å². The number of allylic oxidation sites excluding steroid dienone is 1. The smallest absolute Gasteiger partial charge is 0.192 e. The van der Waals surface area contributed by atoms with Crippen LogP contribution in [0.4, 0.5) is 0 Å². The second-order valence-corrected chi connectivity index (χ2v) is 6.54. The summed E-state index contributed by atoms with van der Waals surface area (Å²) in [6.45, 7) is 4.36. The van der Waals surface area contributed by atoms with Crippen LogP contribution in [-0.4, -0.2) is 24.7 Å². The highest BCUT2D eigenvalue weighted by molar-refractivity contribution is 7.98. The minimum atomic E-state index is 0.567. The molecular weight excluding hydrogens is 365 g/mol. The maximum absolute atomic E-state index is 6.22. The molecule has 0 atom stereocenters. The topological polar surface area (TPSA) is 56.5 Å². The van der Waals surface area contributed by atoms with Gasteiger partial charge in [0.2, 0.25) is 0 Å². The predicted molar refractivity (Wildman–Crippen MR) is 97.3 cm³/mol. The van der Waals surface area contributed by atoms with Crippen molar-refractivity contribution in [2.24, 2.45) is 0 Å². The summed E-state index contributed by atoms with van der Waals surface area (Å²) in [6.07, 6.45) is 6.68. The Morgan fingerprint density at radius 3 is 2.62 bits per heavy atom. The van der Waals surface area contributed by atoms with Crippen molar-refractivity contribution >= 4 is 35.0 Å². The lowest BCUT2D eigenvalue weighted by Gasteiger charge is -2.08. The fourth-order valence-corrected chi connectivity index (χ4v) is 3.79. The van der Waals surface area contributed by atoms with E-state index in [4.69, 9.17) is 23.2 Å². The van der Waals surface area contributed by atoms with E-state index in [1.807, 2.05) is 22.8 Å². The first-order valence-electron chi connectivity index (χ1n) is 7.07. The third-order valence-corrected chi connectivity index (χ3v) is 4.93. The summed E-state index contributed by atoms with van der Waals surface area (Å²) in [4.78, 5) is 8.36. The minimum Gasteiger partial charge on any atom is -0.297 e. The van der Waals surface area contributed by atoms with Crippen molar-refractivity contribution in [2.45, 2.75) is 17.5 Å². The number of hydrogen-bond acceptors (Lipinski definition) is 5. The summed E-state index contributed by atoms with van der Waals surface area (Å²) in [5, 5.41) is 10.5. The van der Waals surface area contributed by atoms with Crippen LogP contribution in [0.15, 0.2) is 54.6 Å². The number of thioether (sulfide) groups is 1. The molecule has 0 saturated carbocycles. The standard InChI is InChI=1S/C16H13Cl2N5S/c1-2-8-23-15(14-9-19-6-7-20-14)21-22-16(23)24-10-11-12(17)4-3-5-13(11)18/h2-7,9H,1,8,10H2. The van der Waals surface area contributed by atoms with Crippen molar-refractivity contribution in [1.82, 2.24) is 24.7 Å². The van der Waals surface area contributed by atoms with E-state index in [1.54, 1.807) is 24.7 Å². The van der Waals surface area contributed by atoms with Crippen LogP contribution < -0.4 is 0 Å². The van der Waals surface area contributed by atoms with Gasteiger partial charge in [-0.25, -0.2) is 4.98 Å². The molecule has 0 bridgehead atoms. The lowest BCUT2D eigenvalue weighted by Crippen LogP contribution is -2.02. The fourth-order valence-electron chi connectivity index (χ4n) is 2.10. The van der Waals surface area contributed by atoms with E-state index >= 15 is 0 Å². The van der Waals surface area contributed by atoms with E-state index in [1.165, 1.54) is 11.8 Å². The van der Waals surface area contributed by atoms with Crippen LogP contribution >= 0.6 is 35.0 Å². The molecule has 0 spiro atoms. The molecule has 24 heavy (non-hydrogen) atoms. The van der Waals surface area contributed by atoms with Crippen molar-refractivity contribution in [3.63, 3.8) is 0 Å². The van der Waals surface area contributed by atoms with Gasteiger partial charge in [-0.2, -0.15) is 0 Å². The monoisotopic (exact) mass is 377 g/mol. The largest absolute Gasteiger partial charge is 0.297 e. The second kappa shape index (κ2) is 7.79. The minimum absolute atomic E-state index is 0.567. The third kappa shape index (κ3) is 3.61. The van der Waals surface area contributed by atoms with Crippen LogP contribution in [0.2, 0.25) is 10.0 Å². The molecule has 5 nitrogen and oxygen atoms in total. The van der Waals surface area contributed by atoms with Gasteiger partial charge in [0.05, 0.1) is 6.20 Å². The summed E-state index contributed by atoms with van der Waals surface area (Å²) >= 11 is 14.0. The Hall–Kier alpha value is -1.89. The molecule has 2 heterocycles. The number of rotatable bonds is 6. The highest BCUT2D eigenvalue weighted by Gasteiger charge is 2.16. The first-order valence-corrected chi connectivity index (χ1v) is 8.81. The average molecular weight is 378 g/mol. The van der Waals surface area contributed by atoms with Gasteiger partial charge in [-0.1, -0.05) is 47.1 Å². The molecule has 0 saturated heterocycles. The molecule has 122 valence electrons. The molecule has 0 N–H and O–H groups in total. The van der Waals surface area contributed by atoms with Gasteiger partial charge in [0.15, 0.2) is 11.0 Å². The van der Waals surface area contributed by atoms with Crippen LogP contribution in [0, 0.1) is 0 Å². The number of aromatic nitrogens is 5. The fraction of sp³-hybridized carbons (Fsp3) is 0.125. The summed E-state index contributed by atoms with van der Waals surface area (Å²) in [5.41, 5.74) is 1.54. The highest BCUT2D eigenvalue weighted by atomic mass is 35.5. The van der Waals surface area contributed by atoms with Gasteiger partial charge in [0.1, 0.15) is 5.69 Å². The molecular formula is C16H13Cl2N5S. The predicted octanol–water partition coefficient (Wildman–Crippen LogP) is 4.52. The molecule has 3 aromatic rings. The maximum Gasteiger partial charge on any atom is 0.192 e. The normalized spacial score (nSPS) is 10.8. The number of halogens is 2. The van der Waals surface area contributed by atoms with E-state index in [0.717, 1.165) is 10.7 Å². The molecule has 1 aromatic carbocycles. The van der Waals surface area contributed by atoms with Crippen LogP contribution in [-0.2, 0) is 12.3 Å². The molecule has 8 heteroatoms. The van der Waals surface area contributed by atoms with Crippen LogP contribution in [0.1, 0.15) is 5.56 Å². The SMILES string of the molecule is C=CCn1c(SCc2c(Cl)cccc2Cl)nnc1-c1cnccn1. The van der Waals surface area contributed by atoms with Gasteiger partial charge in [-0.3, -0.25) is 9.55 Å². The van der Waals surface area contributed by atoms with Gasteiger partial charge in [-0.05, 0) is 17.7 Å². The number of hydrogen-bond donors (Lipinski definition) is 0. The number of benzene rings is 1. The Morgan fingerprint density at radius 2 is 1.96 bits per heavy atom. The zero-order valence-electron chi connectivity index (χ0n) is 12.6. The first-order chi connectivity index (χ1) is 11.7. The Morgan fingerprint density at radius 1 is 1.17 bits per heavy atom. The molecule has 0 aliphatic carbocycles. The van der Waals surface area contributed by atoms with Crippen LogP contribution in [0.5, 0.6) is 0 Å². The Labute approximate surface area is 153 Å². The van der Waals surface area contributed by atoms with Gasteiger partial charge in [0.25, 0.3) is 0 Å². The molecule has 0 unspecified atom stereocenters. The summed E-state index contributed by atoms with van der Waals surface area (Å²) in [7, 11) is 0. The van der Waals surface area contributed by atoms with Gasteiger partial charge >= 0.3 is 0 Å². The zero-order chi connectivity index (χ0) is 16.9. The van der Waals surface area contributed by atoms with Gasteiger partial charge < -0.3 is 0 Å². The van der Waals surface area contributed by atoms with E-state index < -0.39 is 0 Å². The lowest BCUT2D eigenvalue weighted by atomic mass is 10.2. The molecule has 0 amide bonds. The van der Waals surface area contributed by atoms with Crippen LogP contribution in [0.3, 0.4) is 0 Å². The summed E-state index contributed by atoms with van der Waals surface area (Å²) in [5.74, 6) is 1.24. The van der Waals surface area contributed by atoms with Crippen molar-refractivity contribution in [3.05, 3.63) is 65.1 Å². The van der Waals surface area contributed by atoms with E-state index in [-0.39, 0.29) is 0 Å². The maximum atomic E-state index is 6.22. The second-order valence-electron chi connectivity index (χ2n) is 4.79. The molecule has 2 aromatic heterocycles. The molecule has 0 radical (unpaired) electrons. The molecule has 3 rings (SSSR count). The third-order valence-electron chi connectivity index (χ3n) is 3.23. The van der Waals surface area contributed by atoms with Crippen molar-refractivity contribution in [1.29, 1.82) is 0 Å². The van der Waals surface area contributed by atoms with Gasteiger partial charge in [0, 0.05) is 34.7 Å². The van der Waals surface area contributed by atoms with Gasteiger partial charge in [-0.15, -0.1) is 16.8 Å². The Balaban J connectivity index is 1.89. The lowest BCUT2D eigenvalue weighted by molar-refractivity contribution is 0.729. The van der Waals surface area contributed by atoms with Crippen molar-refractivity contribution in [2.75, 3.05) is 0 Å². The van der Waals surface area contributed by atoms with E-state index in [2.05, 4.69) is 26.7 Å². The molecule has 0 aliphatic heterocycles. The summed E-state index contributed by atoms with van der Waals surface area (Å²) in [6, 6.07) is 5.47. The Kier molecular flexibility index (Phi) is 5.50. The Bertz CT molecular complexity index is 831. The quantitative estimate of drug-likeness (QED) is 0.466. The zero-order valence-corrected chi connectivity index (χ0v) is 14.9. The van der Waals surface area contributed by atoms with E-state index in [0.29, 0.717) is 33.9 Å². The number of nitrogens with zero attached hydrogens (tertiary/aromatic N) is 5. The van der Waals surface area contributed by atoms with Crippen molar-refractivity contribution in [3.8, 4) is 11.5 Å². The van der Waals surface area contributed by atoms with Crippen molar-refractivity contribution < 1.29 is 0 Å². The summed E-state index contributed by atoms with van der Waals surface area (Å²) < 4.78 is 1.94. The first kappa shape index (κ1) is 17.0. The highest BCUT2D eigenvalue weighted by Crippen LogP contribution is 2.32. The molecule has 0 fully saturated rings. The van der Waals surface area contributed by atoms with E-state index in [9.17, 15) is 0 Å². The molecule has 0 aliphatic rings.